The number of hydrogen-bond donors (Lipinski definition) is 1. The lowest BCUT2D eigenvalue weighted by molar-refractivity contribution is -0.189. The molecule has 0 atom stereocenters. The topological polar surface area (TPSA) is 68.7 Å². The normalized spacial score (nSPS) is 14.8. The third-order valence-electron chi connectivity index (χ3n) is 6.97. The summed E-state index contributed by atoms with van der Waals surface area (Å²) >= 11 is 1.23. The van der Waals surface area contributed by atoms with Gasteiger partial charge in [-0.05, 0) is 78.0 Å². The molecule has 0 amide bonds. The van der Waals surface area contributed by atoms with Crippen LogP contribution in [0.3, 0.4) is 0 Å². The number of piperidine rings is 1. The van der Waals surface area contributed by atoms with Gasteiger partial charge in [0.25, 0.3) is 0 Å². The summed E-state index contributed by atoms with van der Waals surface area (Å²) in [7, 11) is 0. The predicted octanol–water partition coefficient (Wildman–Crippen LogP) is 6.64. The Morgan fingerprint density at radius 2 is 1.63 bits per heavy atom. The minimum absolute atomic E-state index is 0.136. The van der Waals surface area contributed by atoms with Gasteiger partial charge >= 0.3 is 6.11 Å². The molecule has 1 saturated heterocycles. The maximum Gasteiger partial charge on any atom is 0.410 e. The molecule has 0 aliphatic carbocycles. The van der Waals surface area contributed by atoms with E-state index in [1.165, 1.54) is 11.9 Å². The fourth-order valence-corrected chi connectivity index (χ4v) is 5.57. The highest BCUT2D eigenvalue weighted by Crippen LogP contribution is 2.35. The van der Waals surface area contributed by atoms with Crippen molar-refractivity contribution in [3.63, 3.8) is 0 Å². The lowest BCUT2D eigenvalue weighted by atomic mass is 10.00. The molecule has 0 spiro atoms. The molecule has 6 rings (SSSR count). The summed E-state index contributed by atoms with van der Waals surface area (Å²) in [6.45, 7) is 0.994. The van der Waals surface area contributed by atoms with Gasteiger partial charge in [-0.1, -0.05) is 48.9 Å². The van der Waals surface area contributed by atoms with E-state index in [4.69, 9.17) is 14.9 Å². The first-order valence-electron chi connectivity index (χ1n) is 12.6. The quantitative estimate of drug-likeness (QED) is 0.238. The van der Waals surface area contributed by atoms with Crippen LogP contribution in [0, 0.1) is 0 Å². The molecule has 6 nitrogen and oxygen atoms in total. The molecule has 1 aliphatic heterocycles. The van der Waals surface area contributed by atoms with Crippen molar-refractivity contribution in [2.75, 3.05) is 19.6 Å². The van der Waals surface area contributed by atoms with E-state index in [2.05, 4.69) is 17.2 Å². The fourth-order valence-electron chi connectivity index (χ4n) is 5.12. The third-order valence-corrected chi connectivity index (χ3v) is 7.58. The molecular formula is C29H27F2N5OS. The number of halogens is 2. The Morgan fingerprint density at radius 3 is 2.39 bits per heavy atom. The number of aromatic nitrogens is 3. The van der Waals surface area contributed by atoms with Gasteiger partial charge < -0.3 is 4.74 Å². The number of fused-ring (bicyclic) bond motifs is 2. The van der Waals surface area contributed by atoms with Crippen LogP contribution in [-0.4, -0.2) is 45.2 Å². The second kappa shape index (κ2) is 10.3. The number of benzene rings is 3. The average Bonchev–Trinajstić information content (AvgIpc) is 3.36. The van der Waals surface area contributed by atoms with E-state index in [1.54, 1.807) is 39.9 Å². The number of alkyl halides is 2. The van der Waals surface area contributed by atoms with Crippen LogP contribution in [0.5, 0.6) is 5.75 Å². The van der Waals surface area contributed by atoms with Gasteiger partial charge in [0.15, 0.2) is 5.65 Å². The number of ether oxygens (including phenoxy) is 1. The van der Waals surface area contributed by atoms with Gasteiger partial charge in [0.2, 0.25) is 0 Å². The SMILES string of the molecule is NSc1ccc(-c2cnn3cc(-c4ccc(OC(F)(F)CN5CCCCC5)cc4)cnc23)c2ccccc12. The zero-order valence-corrected chi connectivity index (χ0v) is 21.5. The Kier molecular flexibility index (Phi) is 6.73. The van der Waals surface area contributed by atoms with Gasteiger partial charge in [-0.3, -0.25) is 10.0 Å². The second-order valence-corrected chi connectivity index (χ2v) is 10.2. The van der Waals surface area contributed by atoms with Gasteiger partial charge in [-0.2, -0.15) is 13.9 Å². The summed E-state index contributed by atoms with van der Waals surface area (Å²) in [5.41, 5.74) is 4.32. The van der Waals surface area contributed by atoms with Crippen LogP contribution in [0.15, 0.2) is 84.1 Å². The summed E-state index contributed by atoms with van der Waals surface area (Å²) in [6, 6.07) is 18.9. The number of likely N-dealkylation sites (tertiary alicyclic amines) is 1. The smallest absolute Gasteiger partial charge is 0.410 e. The minimum atomic E-state index is -3.24. The molecule has 1 fully saturated rings. The van der Waals surface area contributed by atoms with Crippen LogP contribution in [0.2, 0.25) is 0 Å². The third kappa shape index (κ3) is 4.97. The van der Waals surface area contributed by atoms with Crippen molar-refractivity contribution in [1.82, 2.24) is 19.5 Å². The van der Waals surface area contributed by atoms with Crippen LogP contribution in [0.25, 0.3) is 38.7 Å². The molecule has 2 N–H and O–H groups in total. The Labute approximate surface area is 223 Å². The standard InChI is InChI=1S/C29H27F2N5OS/c30-29(31,19-35-14-4-1-5-15-35)37-22-10-8-20(9-11-22)21-16-33-28-26(17-34-36(28)18-21)24-12-13-27(38-32)25-7-3-2-6-23(24)25/h2-3,6-13,16-18H,1,4-5,14-15,19,32H2. The number of nitrogens with two attached hydrogens (primary N) is 1. The summed E-state index contributed by atoms with van der Waals surface area (Å²) in [5, 5.41) is 12.6. The Bertz CT molecular complexity index is 1580. The van der Waals surface area contributed by atoms with Gasteiger partial charge in [0.1, 0.15) is 12.3 Å². The van der Waals surface area contributed by atoms with E-state index in [0.717, 1.165) is 62.8 Å². The zero-order chi connectivity index (χ0) is 26.1. The van der Waals surface area contributed by atoms with Crippen LogP contribution >= 0.6 is 11.9 Å². The molecule has 0 saturated carbocycles. The largest absolute Gasteiger partial charge is 0.432 e. The van der Waals surface area contributed by atoms with Crippen molar-refractivity contribution < 1.29 is 13.5 Å². The number of hydrogen-bond acceptors (Lipinski definition) is 6. The monoisotopic (exact) mass is 531 g/mol. The number of nitrogens with zero attached hydrogens (tertiary/aromatic N) is 4. The molecular weight excluding hydrogens is 504 g/mol. The van der Waals surface area contributed by atoms with Crippen molar-refractivity contribution in [3.8, 4) is 28.0 Å². The number of rotatable bonds is 7. The van der Waals surface area contributed by atoms with Crippen molar-refractivity contribution in [2.45, 2.75) is 30.3 Å². The maximum atomic E-state index is 14.5. The maximum absolute atomic E-state index is 14.5. The van der Waals surface area contributed by atoms with E-state index >= 15 is 0 Å². The van der Waals surface area contributed by atoms with Crippen molar-refractivity contribution in [3.05, 3.63) is 79.3 Å². The Morgan fingerprint density at radius 1 is 0.868 bits per heavy atom. The van der Waals surface area contributed by atoms with E-state index < -0.39 is 6.11 Å². The van der Waals surface area contributed by atoms with Gasteiger partial charge in [-0.15, -0.1) is 0 Å². The summed E-state index contributed by atoms with van der Waals surface area (Å²) in [5.74, 6) is 0.136. The second-order valence-electron chi connectivity index (χ2n) is 9.54. The molecule has 3 heterocycles. The van der Waals surface area contributed by atoms with Crippen LogP contribution in [0.1, 0.15) is 19.3 Å². The summed E-state index contributed by atoms with van der Waals surface area (Å²) in [6.07, 6.45) is 5.24. The first-order valence-corrected chi connectivity index (χ1v) is 13.5. The molecule has 0 radical (unpaired) electrons. The van der Waals surface area contributed by atoms with Crippen molar-refractivity contribution in [2.24, 2.45) is 5.14 Å². The molecule has 2 aromatic heterocycles. The molecule has 1 aliphatic rings. The van der Waals surface area contributed by atoms with Gasteiger partial charge in [0.05, 0.1) is 6.20 Å². The highest BCUT2D eigenvalue weighted by Gasteiger charge is 2.34. The van der Waals surface area contributed by atoms with Crippen LogP contribution in [0.4, 0.5) is 8.78 Å². The lowest BCUT2D eigenvalue weighted by Crippen LogP contribution is -2.43. The summed E-state index contributed by atoms with van der Waals surface area (Å²) < 4.78 is 35.8. The first-order chi connectivity index (χ1) is 18.5. The van der Waals surface area contributed by atoms with Gasteiger partial charge in [0, 0.05) is 28.4 Å². The van der Waals surface area contributed by atoms with Crippen LogP contribution < -0.4 is 9.88 Å². The highest BCUT2D eigenvalue weighted by molar-refractivity contribution is 7.97. The van der Waals surface area contributed by atoms with Crippen molar-refractivity contribution >= 4 is 28.4 Å². The van der Waals surface area contributed by atoms with Gasteiger partial charge in [-0.25, -0.2) is 9.50 Å². The van der Waals surface area contributed by atoms with E-state index in [0.29, 0.717) is 13.1 Å². The molecule has 5 aromatic rings. The Hall–Kier alpha value is -3.53. The Balaban J connectivity index is 1.24. The molecule has 9 heteroatoms. The van der Waals surface area contributed by atoms with Crippen LogP contribution in [-0.2, 0) is 0 Å². The molecule has 194 valence electrons. The molecule has 38 heavy (non-hydrogen) atoms. The first kappa shape index (κ1) is 24.8. The molecule has 3 aromatic carbocycles. The average molecular weight is 532 g/mol. The van der Waals surface area contributed by atoms with E-state index in [-0.39, 0.29) is 12.3 Å². The molecule has 0 unspecified atom stereocenters. The lowest BCUT2D eigenvalue weighted by Gasteiger charge is -2.30. The highest BCUT2D eigenvalue weighted by atomic mass is 32.2. The van der Waals surface area contributed by atoms with E-state index in [1.807, 2.05) is 36.7 Å². The fraction of sp³-hybridized carbons (Fsp3) is 0.241. The zero-order valence-electron chi connectivity index (χ0n) is 20.7. The predicted molar refractivity (Wildman–Crippen MR) is 147 cm³/mol. The van der Waals surface area contributed by atoms with Crippen molar-refractivity contribution in [1.29, 1.82) is 0 Å². The molecule has 0 bridgehead atoms. The van der Waals surface area contributed by atoms with E-state index in [9.17, 15) is 8.78 Å². The minimum Gasteiger partial charge on any atom is -0.432 e. The summed E-state index contributed by atoms with van der Waals surface area (Å²) in [4.78, 5) is 7.48.